The Bertz CT molecular complexity index is 3830. The summed E-state index contributed by atoms with van der Waals surface area (Å²) in [5, 5.41) is 24.2. The van der Waals surface area contributed by atoms with Crippen LogP contribution < -0.4 is 0 Å². The van der Waals surface area contributed by atoms with E-state index in [1.54, 1.807) is 0 Å². The second-order valence-corrected chi connectivity index (χ2v) is 16.9. The number of fused-ring (bicyclic) bond motifs is 13. The number of hydrogen-bond acceptors (Lipinski definition) is 0. The average Bonchev–Trinajstić information content (AvgIpc) is 3.77. The van der Waals surface area contributed by atoms with E-state index in [2.05, 4.69) is 170 Å². The van der Waals surface area contributed by atoms with E-state index >= 15 is 0 Å². The summed E-state index contributed by atoms with van der Waals surface area (Å²) in [5.41, 5.74) is 11.0. The summed E-state index contributed by atoms with van der Waals surface area (Å²) in [6, 6.07) is 56.4. The molecule has 14 rings (SSSR count). The lowest BCUT2D eigenvalue weighted by atomic mass is 9.84. The van der Waals surface area contributed by atoms with Crippen molar-refractivity contribution in [2.24, 2.45) is 0 Å². The third-order valence-corrected chi connectivity index (χ3v) is 13.9. The lowest BCUT2D eigenvalue weighted by Crippen LogP contribution is -1.95. The van der Waals surface area contributed by atoms with Crippen molar-refractivity contribution in [3.05, 3.63) is 180 Å². The van der Waals surface area contributed by atoms with Gasteiger partial charge in [0.2, 0.25) is 0 Å². The highest BCUT2D eigenvalue weighted by atomic mass is 14.3. The second kappa shape index (κ2) is 11.3. The molecule has 12 aromatic rings. The van der Waals surface area contributed by atoms with Crippen molar-refractivity contribution in [2.75, 3.05) is 0 Å². The van der Waals surface area contributed by atoms with Gasteiger partial charge in [0.05, 0.1) is 0 Å². The molecule has 0 N–H and O–H groups in total. The van der Waals surface area contributed by atoms with Gasteiger partial charge in [0.25, 0.3) is 0 Å². The van der Waals surface area contributed by atoms with Gasteiger partial charge in [-0.25, -0.2) is 0 Å². The highest BCUT2D eigenvalue weighted by molar-refractivity contribution is 6.42. The first-order valence-electron chi connectivity index (χ1n) is 20.9. The van der Waals surface area contributed by atoms with Gasteiger partial charge in [0.15, 0.2) is 0 Å². The Kier molecular flexibility index (Phi) is 6.06. The number of allylic oxidation sites excluding steroid dienone is 2. The Morgan fingerprint density at radius 3 is 1.38 bits per heavy atom. The van der Waals surface area contributed by atoms with Gasteiger partial charge in [-0.2, -0.15) is 0 Å². The summed E-state index contributed by atoms with van der Waals surface area (Å²) in [6.07, 6.45) is 13.8. The van der Waals surface area contributed by atoms with Gasteiger partial charge in [0, 0.05) is 0 Å². The first-order valence-corrected chi connectivity index (χ1v) is 20.9. The molecule has 2 aliphatic carbocycles. The molecule has 0 spiro atoms. The van der Waals surface area contributed by atoms with E-state index in [1.165, 1.54) is 141 Å². The number of aryl methyl sites for hydroxylation is 2. The van der Waals surface area contributed by atoms with E-state index in [0.29, 0.717) is 0 Å². The fourth-order valence-electron chi connectivity index (χ4n) is 11.5. The van der Waals surface area contributed by atoms with Gasteiger partial charge in [-0.1, -0.05) is 133 Å². The SMILES string of the molecule is C1=Cc2c(cc3c4cc5c(-c6ccc7ccccc7c6)c6c7cc8c(c9cccc(c6c(-c6ccc%10ccccc%10c6)c5cc4c4cccc2c43)c97)C=CCC8)CC1. The predicted molar refractivity (Wildman–Crippen MR) is 252 cm³/mol. The minimum Gasteiger partial charge on any atom is -0.0836 e. The minimum atomic E-state index is 1.07. The summed E-state index contributed by atoms with van der Waals surface area (Å²) < 4.78 is 0. The molecule has 58 heavy (non-hydrogen) atoms. The van der Waals surface area contributed by atoms with Crippen LogP contribution in [-0.4, -0.2) is 0 Å². The number of benzene rings is 10. The summed E-state index contributed by atoms with van der Waals surface area (Å²) in [7, 11) is 0. The molecule has 0 amide bonds. The van der Waals surface area contributed by atoms with E-state index in [1.807, 2.05) is 0 Å². The quantitative estimate of drug-likeness (QED) is 0.166. The maximum Gasteiger partial charge on any atom is -0.000730 e. The molecule has 0 unspecified atom stereocenters. The monoisotopic (exact) mass is 732 g/mol. The highest BCUT2D eigenvalue weighted by Gasteiger charge is 2.27. The molecule has 0 saturated carbocycles. The maximum absolute atomic E-state index is 2.60. The van der Waals surface area contributed by atoms with Gasteiger partial charge in [0.1, 0.15) is 0 Å². The van der Waals surface area contributed by atoms with Crippen LogP contribution in [0, 0.1) is 0 Å². The van der Waals surface area contributed by atoms with E-state index < -0.39 is 0 Å². The molecule has 0 aromatic heterocycles. The van der Waals surface area contributed by atoms with Crippen LogP contribution in [-0.2, 0) is 12.8 Å². The summed E-state index contributed by atoms with van der Waals surface area (Å²) in [5.74, 6) is 0. The molecule has 12 aromatic carbocycles. The summed E-state index contributed by atoms with van der Waals surface area (Å²) in [4.78, 5) is 0. The van der Waals surface area contributed by atoms with Crippen LogP contribution >= 0.6 is 0 Å². The van der Waals surface area contributed by atoms with Crippen molar-refractivity contribution in [3.8, 4) is 22.3 Å². The summed E-state index contributed by atoms with van der Waals surface area (Å²) in [6.45, 7) is 0. The maximum atomic E-state index is 2.60. The average molecular weight is 733 g/mol. The van der Waals surface area contributed by atoms with Crippen LogP contribution in [0.2, 0.25) is 0 Å². The molecule has 0 saturated heterocycles. The Balaban J connectivity index is 1.27. The first kappa shape index (κ1) is 31.1. The minimum absolute atomic E-state index is 1.07. The van der Waals surface area contributed by atoms with Crippen LogP contribution in [0.25, 0.3) is 131 Å². The lowest BCUT2D eigenvalue weighted by molar-refractivity contribution is 0.992. The van der Waals surface area contributed by atoms with E-state index in [0.717, 1.165) is 25.7 Å². The van der Waals surface area contributed by atoms with Crippen molar-refractivity contribution in [1.29, 1.82) is 0 Å². The standard InChI is InChI=1S/C58H36/c1-3-13-35-27-39(25-23-33(35)11-1)53-50-31-47-45-21-9-19-43-41-17-7-5-15-37(41)29-49(55(43)45)48(47)32-51(50)54(40-26-24-34-12-2-4-14-36(34)28-40)58-52-30-38-16-6-8-18-42(38)44-20-10-22-46(56(44)52)57(53)58/h1-4,7-14,17-32H,5-6,15-16H2. The molecule has 0 fully saturated rings. The van der Waals surface area contributed by atoms with Gasteiger partial charge in [-0.05, 0) is 204 Å². The van der Waals surface area contributed by atoms with Gasteiger partial charge in [-0.3, -0.25) is 0 Å². The fourth-order valence-corrected chi connectivity index (χ4v) is 11.5. The normalized spacial score (nSPS) is 14.1. The third-order valence-electron chi connectivity index (χ3n) is 13.9. The second-order valence-electron chi connectivity index (χ2n) is 16.9. The Labute approximate surface area is 335 Å². The van der Waals surface area contributed by atoms with Crippen LogP contribution in [0.3, 0.4) is 0 Å². The predicted octanol–water partition coefficient (Wildman–Crippen LogP) is 16.2. The van der Waals surface area contributed by atoms with Crippen LogP contribution in [0.1, 0.15) is 35.1 Å². The number of hydrogen-bond donors (Lipinski definition) is 0. The molecular weight excluding hydrogens is 697 g/mol. The molecule has 0 heteroatoms. The molecule has 0 radical (unpaired) electrons. The zero-order valence-corrected chi connectivity index (χ0v) is 32.0. The molecule has 0 heterocycles. The van der Waals surface area contributed by atoms with Crippen molar-refractivity contribution in [1.82, 2.24) is 0 Å². The summed E-state index contributed by atoms with van der Waals surface area (Å²) >= 11 is 0. The molecule has 268 valence electrons. The van der Waals surface area contributed by atoms with Crippen molar-refractivity contribution < 1.29 is 0 Å². The highest BCUT2D eigenvalue weighted by Crippen LogP contribution is 2.54. The largest absolute Gasteiger partial charge is 0.0836 e. The first-order chi connectivity index (χ1) is 28.8. The number of rotatable bonds is 2. The zero-order chi connectivity index (χ0) is 37.6. The van der Waals surface area contributed by atoms with E-state index in [9.17, 15) is 0 Å². The molecular formula is C58H36. The Morgan fingerprint density at radius 2 is 0.776 bits per heavy atom. The molecule has 2 aliphatic rings. The van der Waals surface area contributed by atoms with E-state index in [-0.39, 0.29) is 0 Å². The molecule has 0 atom stereocenters. The van der Waals surface area contributed by atoms with Gasteiger partial charge in [-0.15, -0.1) is 0 Å². The van der Waals surface area contributed by atoms with Gasteiger partial charge < -0.3 is 0 Å². The van der Waals surface area contributed by atoms with Crippen molar-refractivity contribution >= 4 is 109 Å². The van der Waals surface area contributed by atoms with Crippen LogP contribution in [0.4, 0.5) is 0 Å². The molecule has 0 aliphatic heterocycles. The van der Waals surface area contributed by atoms with Crippen LogP contribution in [0.15, 0.2) is 158 Å². The van der Waals surface area contributed by atoms with Gasteiger partial charge >= 0.3 is 0 Å². The smallest absolute Gasteiger partial charge is 0.000730 e. The van der Waals surface area contributed by atoms with Crippen molar-refractivity contribution in [2.45, 2.75) is 25.7 Å². The lowest BCUT2D eigenvalue weighted by Gasteiger charge is -2.18. The van der Waals surface area contributed by atoms with Crippen molar-refractivity contribution in [3.63, 3.8) is 0 Å². The fraction of sp³-hybridized carbons (Fsp3) is 0.0690. The third kappa shape index (κ3) is 4.04. The molecule has 0 bridgehead atoms. The van der Waals surface area contributed by atoms with Crippen LogP contribution in [0.5, 0.6) is 0 Å². The Morgan fingerprint density at radius 1 is 0.293 bits per heavy atom. The molecule has 0 nitrogen and oxygen atoms in total. The Hall–Kier alpha value is -7.02. The zero-order valence-electron chi connectivity index (χ0n) is 32.0. The van der Waals surface area contributed by atoms with E-state index in [4.69, 9.17) is 0 Å². The topological polar surface area (TPSA) is 0 Å².